The zero-order valence-corrected chi connectivity index (χ0v) is 12.5. The Balaban J connectivity index is 1.89. The Labute approximate surface area is 132 Å². The molecular weight excluding hydrogens is 302 g/mol. The lowest BCUT2D eigenvalue weighted by Gasteiger charge is -2.15. The average molecular weight is 318 g/mol. The summed E-state index contributed by atoms with van der Waals surface area (Å²) in [7, 11) is 0. The normalized spacial score (nSPS) is 11.6. The number of carbonyl (C=O) groups is 2. The molecular formula is C17H16F2N2O2. The van der Waals surface area contributed by atoms with Crippen molar-refractivity contribution in [1.29, 1.82) is 0 Å². The molecule has 0 spiro atoms. The minimum Gasteiger partial charge on any atom is -0.350 e. The van der Waals surface area contributed by atoms with Crippen LogP contribution in [0.4, 0.5) is 8.78 Å². The van der Waals surface area contributed by atoms with Crippen molar-refractivity contribution in [1.82, 2.24) is 10.6 Å². The first-order valence-corrected chi connectivity index (χ1v) is 7.07. The molecule has 23 heavy (non-hydrogen) atoms. The minimum absolute atomic E-state index is 0.0693. The van der Waals surface area contributed by atoms with Crippen molar-refractivity contribution in [3.63, 3.8) is 0 Å². The Morgan fingerprint density at radius 3 is 1.91 bits per heavy atom. The van der Waals surface area contributed by atoms with E-state index in [0.717, 1.165) is 0 Å². The first-order valence-electron chi connectivity index (χ1n) is 7.07. The van der Waals surface area contributed by atoms with E-state index in [1.54, 1.807) is 19.1 Å². The largest absolute Gasteiger partial charge is 0.350 e. The van der Waals surface area contributed by atoms with Gasteiger partial charge in [-0.1, -0.05) is 24.3 Å². The van der Waals surface area contributed by atoms with Crippen LogP contribution in [0.15, 0.2) is 48.5 Å². The monoisotopic (exact) mass is 318 g/mol. The molecule has 4 nitrogen and oxygen atoms in total. The van der Waals surface area contributed by atoms with Crippen LogP contribution in [0.2, 0.25) is 0 Å². The molecule has 1 atom stereocenters. The van der Waals surface area contributed by atoms with Crippen molar-refractivity contribution >= 4 is 11.8 Å². The number of nitrogens with one attached hydrogen (secondary N) is 2. The molecule has 0 saturated carbocycles. The van der Waals surface area contributed by atoms with Gasteiger partial charge in [-0.05, 0) is 31.2 Å². The van der Waals surface area contributed by atoms with Gasteiger partial charge < -0.3 is 10.6 Å². The Morgan fingerprint density at radius 2 is 1.39 bits per heavy atom. The highest BCUT2D eigenvalue weighted by Gasteiger charge is 2.15. The second-order valence-corrected chi connectivity index (χ2v) is 5.04. The molecule has 6 heteroatoms. The highest BCUT2D eigenvalue weighted by atomic mass is 19.1. The summed E-state index contributed by atoms with van der Waals surface area (Å²) in [4.78, 5) is 23.8. The van der Waals surface area contributed by atoms with Gasteiger partial charge in [0, 0.05) is 12.6 Å². The van der Waals surface area contributed by atoms with Crippen LogP contribution in [0.1, 0.15) is 27.6 Å². The number of hydrogen-bond acceptors (Lipinski definition) is 2. The van der Waals surface area contributed by atoms with E-state index >= 15 is 0 Å². The van der Waals surface area contributed by atoms with E-state index in [9.17, 15) is 18.4 Å². The first-order chi connectivity index (χ1) is 11.0. The first kappa shape index (κ1) is 16.6. The highest BCUT2D eigenvalue weighted by molar-refractivity contribution is 5.95. The average Bonchev–Trinajstić information content (AvgIpc) is 2.53. The van der Waals surface area contributed by atoms with Gasteiger partial charge in [0.05, 0.1) is 11.1 Å². The number of halogens is 2. The van der Waals surface area contributed by atoms with E-state index in [4.69, 9.17) is 0 Å². The summed E-state index contributed by atoms with van der Waals surface area (Å²) >= 11 is 0. The number of hydrogen-bond donors (Lipinski definition) is 2. The van der Waals surface area contributed by atoms with E-state index < -0.39 is 29.5 Å². The van der Waals surface area contributed by atoms with Crippen LogP contribution < -0.4 is 10.6 Å². The summed E-state index contributed by atoms with van der Waals surface area (Å²) in [5.41, 5.74) is -0.139. The van der Waals surface area contributed by atoms with Crippen molar-refractivity contribution in [3.05, 3.63) is 71.3 Å². The predicted molar refractivity (Wildman–Crippen MR) is 82.1 cm³/mol. The Kier molecular flexibility index (Phi) is 5.41. The van der Waals surface area contributed by atoms with E-state index in [2.05, 4.69) is 10.6 Å². The van der Waals surface area contributed by atoms with Gasteiger partial charge in [-0.25, -0.2) is 8.78 Å². The molecule has 0 aliphatic heterocycles. The standard InChI is InChI=1S/C17H16F2N2O2/c1-11(21-17(23)13-7-3-5-9-15(13)19)10-20-16(22)12-6-2-4-8-14(12)18/h2-9,11H,10H2,1H3,(H,20,22)(H,21,23)/t11-/m0/s1. The van der Waals surface area contributed by atoms with Crippen LogP contribution in [0.3, 0.4) is 0 Å². The molecule has 2 amide bonds. The maximum absolute atomic E-state index is 13.5. The van der Waals surface area contributed by atoms with E-state index in [1.807, 2.05) is 0 Å². The molecule has 0 heterocycles. The molecule has 2 aromatic carbocycles. The second-order valence-electron chi connectivity index (χ2n) is 5.04. The third-order valence-electron chi connectivity index (χ3n) is 3.18. The zero-order chi connectivity index (χ0) is 16.8. The molecule has 0 aliphatic carbocycles. The van der Waals surface area contributed by atoms with Crippen molar-refractivity contribution < 1.29 is 18.4 Å². The summed E-state index contributed by atoms with van der Waals surface area (Å²) in [5.74, 6) is -2.38. The fraction of sp³-hybridized carbons (Fsp3) is 0.176. The number of benzene rings is 2. The van der Waals surface area contributed by atoms with Crippen molar-refractivity contribution in [2.45, 2.75) is 13.0 Å². The summed E-state index contributed by atoms with van der Waals surface area (Å²) < 4.78 is 27.0. The Bertz CT molecular complexity index is 719. The van der Waals surface area contributed by atoms with Gasteiger partial charge in [-0.2, -0.15) is 0 Å². The SMILES string of the molecule is C[C@@H](CNC(=O)c1ccccc1F)NC(=O)c1ccccc1F. The lowest BCUT2D eigenvalue weighted by Crippen LogP contribution is -2.42. The lowest BCUT2D eigenvalue weighted by molar-refractivity contribution is 0.0908. The summed E-state index contributed by atoms with van der Waals surface area (Å²) in [5, 5.41) is 5.09. The second kappa shape index (κ2) is 7.49. The lowest BCUT2D eigenvalue weighted by atomic mass is 10.1. The number of amides is 2. The topological polar surface area (TPSA) is 58.2 Å². The predicted octanol–water partition coefficient (Wildman–Crippen LogP) is 2.51. The maximum Gasteiger partial charge on any atom is 0.254 e. The van der Waals surface area contributed by atoms with Gasteiger partial charge in [0.25, 0.3) is 11.8 Å². The molecule has 0 bridgehead atoms. The minimum atomic E-state index is -0.618. The van der Waals surface area contributed by atoms with Crippen LogP contribution in [0.5, 0.6) is 0 Å². The van der Waals surface area contributed by atoms with E-state index in [-0.39, 0.29) is 17.7 Å². The quantitative estimate of drug-likeness (QED) is 0.890. The van der Waals surface area contributed by atoms with Crippen LogP contribution in [-0.4, -0.2) is 24.4 Å². The molecule has 0 unspecified atom stereocenters. The molecule has 2 N–H and O–H groups in total. The summed E-state index contributed by atoms with van der Waals surface area (Å²) in [6.45, 7) is 1.74. The number of rotatable bonds is 5. The third kappa shape index (κ3) is 4.35. The van der Waals surface area contributed by atoms with Gasteiger partial charge in [0.15, 0.2) is 0 Å². The van der Waals surface area contributed by atoms with Crippen molar-refractivity contribution in [3.8, 4) is 0 Å². The van der Waals surface area contributed by atoms with Crippen LogP contribution >= 0.6 is 0 Å². The van der Waals surface area contributed by atoms with Gasteiger partial charge >= 0.3 is 0 Å². The molecule has 0 aromatic heterocycles. The molecule has 0 fully saturated rings. The molecule has 0 aliphatic rings. The Morgan fingerprint density at radius 1 is 0.913 bits per heavy atom. The third-order valence-corrected chi connectivity index (χ3v) is 3.18. The van der Waals surface area contributed by atoms with Gasteiger partial charge in [-0.15, -0.1) is 0 Å². The molecule has 0 radical (unpaired) electrons. The molecule has 120 valence electrons. The molecule has 0 saturated heterocycles. The fourth-order valence-corrected chi connectivity index (χ4v) is 1.98. The van der Waals surface area contributed by atoms with Crippen LogP contribution in [0.25, 0.3) is 0 Å². The van der Waals surface area contributed by atoms with Gasteiger partial charge in [0.2, 0.25) is 0 Å². The zero-order valence-electron chi connectivity index (χ0n) is 12.5. The van der Waals surface area contributed by atoms with Crippen molar-refractivity contribution in [2.75, 3.05) is 6.54 Å². The number of carbonyl (C=O) groups excluding carboxylic acids is 2. The maximum atomic E-state index is 13.5. The van der Waals surface area contributed by atoms with E-state index in [0.29, 0.717) is 0 Å². The summed E-state index contributed by atoms with van der Waals surface area (Å²) in [6.07, 6.45) is 0. The highest BCUT2D eigenvalue weighted by Crippen LogP contribution is 2.07. The van der Waals surface area contributed by atoms with Crippen LogP contribution in [0, 0.1) is 11.6 Å². The summed E-state index contributed by atoms with van der Waals surface area (Å²) in [6, 6.07) is 10.8. The molecule has 2 aromatic rings. The van der Waals surface area contributed by atoms with Gasteiger partial charge in [-0.3, -0.25) is 9.59 Å². The van der Waals surface area contributed by atoms with Crippen molar-refractivity contribution in [2.24, 2.45) is 0 Å². The van der Waals surface area contributed by atoms with Crippen LogP contribution in [-0.2, 0) is 0 Å². The Hall–Kier alpha value is -2.76. The fourth-order valence-electron chi connectivity index (χ4n) is 1.98. The smallest absolute Gasteiger partial charge is 0.254 e. The van der Waals surface area contributed by atoms with E-state index in [1.165, 1.54) is 36.4 Å². The molecule has 2 rings (SSSR count). The van der Waals surface area contributed by atoms with Gasteiger partial charge in [0.1, 0.15) is 11.6 Å².